The highest BCUT2D eigenvalue weighted by atomic mass is 16.2. The van der Waals surface area contributed by atoms with E-state index in [2.05, 4.69) is 15.8 Å². The topological polar surface area (TPSA) is 70.6 Å². The molecule has 0 radical (unpaired) electrons. The third-order valence-corrected chi connectivity index (χ3v) is 5.52. The Labute approximate surface area is 175 Å². The van der Waals surface area contributed by atoms with Crippen LogP contribution in [0, 0.1) is 13.8 Å². The van der Waals surface area contributed by atoms with Crippen molar-refractivity contribution in [2.45, 2.75) is 97.3 Å². The fraction of sp³-hybridized carbons (Fsp3) is 0.625. The highest BCUT2D eigenvalue weighted by Crippen LogP contribution is 2.17. The van der Waals surface area contributed by atoms with Crippen molar-refractivity contribution in [2.75, 3.05) is 5.32 Å². The molecule has 0 saturated heterocycles. The largest absolute Gasteiger partial charge is 0.326 e. The Hall–Kier alpha value is -2.17. The number of anilines is 1. The summed E-state index contributed by atoms with van der Waals surface area (Å²) in [5, 5.41) is 7.28. The van der Waals surface area contributed by atoms with E-state index in [4.69, 9.17) is 0 Å². The van der Waals surface area contributed by atoms with Gasteiger partial charge in [-0.1, -0.05) is 57.1 Å². The third-order valence-electron chi connectivity index (χ3n) is 5.52. The van der Waals surface area contributed by atoms with Gasteiger partial charge in [0.15, 0.2) is 0 Å². The minimum atomic E-state index is -0.195. The predicted octanol–water partition coefficient (Wildman–Crippen LogP) is 5.80. The lowest BCUT2D eigenvalue weighted by atomic mass is 10.00. The number of benzene rings is 1. The molecule has 0 spiro atoms. The van der Waals surface area contributed by atoms with Crippen LogP contribution in [0.1, 0.15) is 94.6 Å². The van der Waals surface area contributed by atoms with E-state index in [1.165, 1.54) is 44.9 Å². The molecule has 1 aliphatic rings. The standard InChI is InChI=1S/C24H37N3O2/c1-19-14-15-20(2)22(18-19)25-23(28)16-17-24(29)27-26-21-12-10-8-6-4-3-5-7-9-11-13-21/h14-15,18H,3-13,16-17H2,1-2H3,(H,25,28)(H,27,29). The SMILES string of the molecule is Cc1ccc(C)c(NC(=O)CCC(=O)NN=C2CCCCCCCCCCC2)c1. The minimum absolute atomic E-state index is 0.146. The van der Waals surface area contributed by atoms with Crippen LogP contribution in [0.2, 0.25) is 0 Å². The zero-order valence-electron chi connectivity index (χ0n) is 18.2. The summed E-state index contributed by atoms with van der Waals surface area (Å²) in [7, 11) is 0. The number of carbonyl (C=O) groups excluding carboxylic acids is 2. The Morgan fingerprint density at radius 3 is 2.00 bits per heavy atom. The second kappa shape index (κ2) is 13.1. The van der Waals surface area contributed by atoms with Crippen molar-refractivity contribution in [3.8, 4) is 0 Å². The molecule has 0 heterocycles. The van der Waals surface area contributed by atoms with Gasteiger partial charge in [0.25, 0.3) is 0 Å². The average molecular weight is 400 g/mol. The molecule has 1 aromatic carbocycles. The summed E-state index contributed by atoms with van der Waals surface area (Å²) in [6.07, 6.45) is 13.7. The molecule has 1 aliphatic carbocycles. The Bertz CT molecular complexity index is 683. The van der Waals surface area contributed by atoms with Gasteiger partial charge in [0.2, 0.25) is 11.8 Å². The lowest BCUT2D eigenvalue weighted by Crippen LogP contribution is -2.22. The van der Waals surface area contributed by atoms with Crippen molar-refractivity contribution in [3.63, 3.8) is 0 Å². The maximum absolute atomic E-state index is 12.2. The highest BCUT2D eigenvalue weighted by Gasteiger charge is 2.09. The van der Waals surface area contributed by atoms with Crippen LogP contribution < -0.4 is 10.7 Å². The van der Waals surface area contributed by atoms with Crippen molar-refractivity contribution in [1.82, 2.24) is 5.43 Å². The molecule has 0 aliphatic heterocycles. The average Bonchev–Trinajstić information content (AvgIpc) is 2.69. The molecule has 29 heavy (non-hydrogen) atoms. The van der Waals surface area contributed by atoms with Crippen LogP contribution in [0.25, 0.3) is 0 Å². The maximum atomic E-state index is 12.2. The third kappa shape index (κ3) is 9.73. The van der Waals surface area contributed by atoms with Gasteiger partial charge in [-0.25, -0.2) is 5.43 Å². The molecule has 1 saturated carbocycles. The van der Waals surface area contributed by atoms with Gasteiger partial charge in [-0.3, -0.25) is 9.59 Å². The Kier molecular flexibility index (Phi) is 10.5. The molecule has 1 fully saturated rings. The number of nitrogens with zero attached hydrogens (tertiary/aromatic N) is 1. The van der Waals surface area contributed by atoms with E-state index >= 15 is 0 Å². The molecule has 2 rings (SSSR count). The maximum Gasteiger partial charge on any atom is 0.240 e. The van der Waals surface area contributed by atoms with Crippen LogP contribution in [-0.2, 0) is 9.59 Å². The van der Waals surface area contributed by atoms with E-state index in [9.17, 15) is 9.59 Å². The van der Waals surface area contributed by atoms with E-state index in [0.29, 0.717) is 0 Å². The second-order valence-electron chi connectivity index (χ2n) is 8.26. The van der Waals surface area contributed by atoms with Crippen LogP contribution in [0.15, 0.2) is 23.3 Å². The first-order chi connectivity index (χ1) is 14.0. The quantitative estimate of drug-likeness (QED) is 0.614. The summed E-state index contributed by atoms with van der Waals surface area (Å²) in [4.78, 5) is 24.3. The van der Waals surface area contributed by atoms with E-state index in [1.807, 2.05) is 32.0 Å². The van der Waals surface area contributed by atoms with Gasteiger partial charge >= 0.3 is 0 Å². The number of amides is 2. The van der Waals surface area contributed by atoms with Gasteiger partial charge in [0, 0.05) is 24.2 Å². The molecule has 0 aromatic heterocycles. The van der Waals surface area contributed by atoms with Gasteiger partial charge in [0.1, 0.15) is 0 Å². The lowest BCUT2D eigenvalue weighted by Gasteiger charge is -2.10. The summed E-state index contributed by atoms with van der Waals surface area (Å²) in [6, 6.07) is 5.94. The fourth-order valence-electron chi connectivity index (χ4n) is 3.64. The van der Waals surface area contributed by atoms with Crippen molar-refractivity contribution in [3.05, 3.63) is 29.3 Å². The predicted molar refractivity (Wildman–Crippen MR) is 120 cm³/mol. The van der Waals surface area contributed by atoms with E-state index in [-0.39, 0.29) is 24.7 Å². The highest BCUT2D eigenvalue weighted by molar-refractivity contribution is 5.94. The van der Waals surface area contributed by atoms with Crippen molar-refractivity contribution in [2.24, 2.45) is 5.10 Å². The Morgan fingerprint density at radius 1 is 0.828 bits per heavy atom. The summed E-state index contributed by atoms with van der Waals surface area (Å²) in [5.41, 5.74) is 6.69. The smallest absolute Gasteiger partial charge is 0.240 e. The first-order valence-corrected chi connectivity index (χ1v) is 11.3. The summed E-state index contributed by atoms with van der Waals surface area (Å²) in [6.45, 7) is 3.95. The van der Waals surface area contributed by atoms with Crippen molar-refractivity contribution < 1.29 is 9.59 Å². The van der Waals surface area contributed by atoms with E-state index in [0.717, 1.165) is 48.2 Å². The number of carbonyl (C=O) groups is 2. The Morgan fingerprint density at radius 2 is 1.38 bits per heavy atom. The monoisotopic (exact) mass is 399 g/mol. The molecular formula is C24H37N3O2. The van der Waals surface area contributed by atoms with Crippen LogP contribution in [0.4, 0.5) is 5.69 Å². The normalized spacial score (nSPS) is 16.3. The molecule has 2 N–H and O–H groups in total. The molecule has 5 nitrogen and oxygen atoms in total. The van der Waals surface area contributed by atoms with Gasteiger partial charge in [-0.15, -0.1) is 0 Å². The molecule has 2 amide bonds. The van der Waals surface area contributed by atoms with Crippen LogP contribution in [-0.4, -0.2) is 17.5 Å². The zero-order chi connectivity index (χ0) is 20.9. The minimum Gasteiger partial charge on any atom is -0.326 e. The molecular weight excluding hydrogens is 362 g/mol. The fourth-order valence-corrected chi connectivity index (χ4v) is 3.64. The molecule has 5 heteroatoms. The zero-order valence-corrected chi connectivity index (χ0v) is 18.2. The first kappa shape index (κ1) is 23.1. The number of hydrazone groups is 1. The molecule has 0 bridgehead atoms. The summed E-state index contributed by atoms with van der Waals surface area (Å²) >= 11 is 0. The number of nitrogens with one attached hydrogen (secondary N) is 2. The number of hydrogen-bond acceptors (Lipinski definition) is 3. The van der Waals surface area contributed by atoms with Gasteiger partial charge in [-0.2, -0.15) is 5.10 Å². The van der Waals surface area contributed by atoms with Crippen LogP contribution in [0.5, 0.6) is 0 Å². The van der Waals surface area contributed by atoms with E-state index < -0.39 is 0 Å². The Balaban J connectivity index is 1.75. The van der Waals surface area contributed by atoms with E-state index in [1.54, 1.807) is 0 Å². The molecule has 160 valence electrons. The summed E-state index contributed by atoms with van der Waals surface area (Å²) in [5.74, 6) is -0.341. The van der Waals surface area contributed by atoms with Gasteiger partial charge < -0.3 is 5.32 Å². The number of aryl methyl sites for hydroxylation is 2. The van der Waals surface area contributed by atoms with Crippen LogP contribution >= 0.6 is 0 Å². The second-order valence-corrected chi connectivity index (χ2v) is 8.26. The summed E-state index contributed by atoms with van der Waals surface area (Å²) < 4.78 is 0. The lowest BCUT2D eigenvalue weighted by molar-refractivity contribution is -0.124. The molecule has 1 aromatic rings. The molecule has 0 unspecified atom stereocenters. The van der Waals surface area contributed by atoms with Crippen molar-refractivity contribution >= 4 is 23.2 Å². The number of hydrogen-bond donors (Lipinski definition) is 2. The van der Waals surface area contributed by atoms with Crippen LogP contribution in [0.3, 0.4) is 0 Å². The van der Waals surface area contributed by atoms with Gasteiger partial charge in [-0.05, 0) is 56.7 Å². The first-order valence-electron chi connectivity index (χ1n) is 11.3. The number of rotatable bonds is 5. The van der Waals surface area contributed by atoms with Gasteiger partial charge in [0.05, 0.1) is 0 Å². The van der Waals surface area contributed by atoms with Crippen molar-refractivity contribution in [1.29, 1.82) is 0 Å². The molecule has 0 atom stereocenters.